The van der Waals surface area contributed by atoms with E-state index in [-0.39, 0.29) is 11.6 Å². The zero-order valence-electron chi connectivity index (χ0n) is 12.1. The molecule has 3 rings (SSSR count). The van der Waals surface area contributed by atoms with E-state index in [1.165, 1.54) is 12.1 Å². The second-order valence-electron chi connectivity index (χ2n) is 5.41. The Balaban J connectivity index is 1.64. The third kappa shape index (κ3) is 3.23. The molecule has 116 valence electrons. The Hall–Kier alpha value is -1.65. The summed E-state index contributed by atoms with van der Waals surface area (Å²) >= 11 is 6.07. The quantitative estimate of drug-likeness (QED) is 0.844. The Kier molecular flexibility index (Phi) is 4.60. The molecule has 1 fully saturated rings. The van der Waals surface area contributed by atoms with Crippen LogP contribution in [0.15, 0.2) is 42.5 Å². The van der Waals surface area contributed by atoms with Crippen molar-refractivity contribution in [3.63, 3.8) is 0 Å². The molecule has 0 aromatic heterocycles. The van der Waals surface area contributed by atoms with Crippen LogP contribution < -0.4 is 4.90 Å². The largest absolute Gasteiger partial charge is 0.367 e. The Bertz CT molecular complexity index is 635. The molecule has 0 amide bonds. The summed E-state index contributed by atoms with van der Waals surface area (Å²) < 4.78 is 27.6. The Labute approximate surface area is 133 Å². The van der Waals surface area contributed by atoms with Gasteiger partial charge in [-0.15, -0.1) is 0 Å². The predicted molar refractivity (Wildman–Crippen MR) is 85.3 cm³/mol. The number of piperazine rings is 1. The number of nitrogens with zero attached hydrogens (tertiary/aromatic N) is 2. The van der Waals surface area contributed by atoms with E-state index in [4.69, 9.17) is 11.6 Å². The highest BCUT2D eigenvalue weighted by Gasteiger charge is 2.20. The van der Waals surface area contributed by atoms with Gasteiger partial charge in [-0.1, -0.05) is 29.8 Å². The van der Waals surface area contributed by atoms with E-state index in [0.717, 1.165) is 13.1 Å². The molecule has 2 aromatic carbocycles. The van der Waals surface area contributed by atoms with Crippen LogP contribution in [0.5, 0.6) is 0 Å². The minimum absolute atomic E-state index is 0.201. The van der Waals surface area contributed by atoms with E-state index in [9.17, 15) is 8.78 Å². The topological polar surface area (TPSA) is 6.48 Å². The average molecular weight is 323 g/mol. The molecule has 1 aliphatic rings. The molecule has 1 heterocycles. The lowest BCUT2D eigenvalue weighted by molar-refractivity contribution is 0.246. The number of hydrogen-bond donors (Lipinski definition) is 0. The summed E-state index contributed by atoms with van der Waals surface area (Å²) in [7, 11) is 0. The molecular weight excluding hydrogens is 306 g/mol. The van der Waals surface area contributed by atoms with Gasteiger partial charge in [-0.3, -0.25) is 4.90 Å². The Morgan fingerprint density at radius 1 is 0.864 bits per heavy atom. The van der Waals surface area contributed by atoms with Gasteiger partial charge in [0.2, 0.25) is 0 Å². The fourth-order valence-corrected chi connectivity index (χ4v) is 2.98. The van der Waals surface area contributed by atoms with Crippen molar-refractivity contribution in [1.29, 1.82) is 0 Å². The molecular formula is C17H17ClF2N2. The first-order valence-corrected chi connectivity index (χ1v) is 7.67. The molecule has 0 N–H and O–H groups in total. The van der Waals surface area contributed by atoms with Crippen LogP contribution in [0.1, 0.15) is 5.56 Å². The highest BCUT2D eigenvalue weighted by atomic mass is 35.5. The maximum Gasteiger partial charge on any atom is 0.146 e. The van der Waals surface area contributed by atoms with E-state index in [1.807, 2.05) is 11.0 Å². The van der Waals surface area contributed by atoms with Crippen LogP contribution in [0.4, 0.5) is 14.5 Å². The molecule has 1 saturated heterocycles. The summed E-state index contributed by atoms with van der Waals surface area (Å²) in [4.78, 5) is 4.16. The van der Waals surface area contributed by atoms with Gasteiger partial charge in [0.1, 0.15) is 11.6 Å². The van der Waals surface area contributed by atoms with Crippen molar-refractivity contribution < 1.29 is 8.78 Å². The summed E-state index contributed by atoms with van der Waals surface area (Å²) in [6.45, 7) is 3.41. The molecule has 2 aromatic rings. The van der Waals surface area contributed by atoms with Gasteiger partial charge in [0.05, 0.1) is 5.69 Å². The number of hydrogen-bond acceptors (Lipinski definition) is 2. The highest BCUT2D eigenvalue weighted by molar-refractivity contribution is 6.31. The van der Waals surface area contributed by atoms with E-state index >= 15 is 0 Å². The van der Waals surface area contributed by atoms with E-state index in [0.29, 0.717) is 35.9 Å². The first-order chi connectivity index (χ1) is 10.6. The smallest absolute Gasteiger partial charge is 0.146 e. The maximum atomic E-state index is 13.8. The van der Waals surface area contributed by atoms with Gasteiger partial charge in [-0.25, -0.2) is 8.78 Å². The monoisotopic (exact) mass is 322 g/mol. The van der Waals surface area contributed by atoms with Crippen molar-refractivity contribution >= 4 is 17.3 Å². The Morgan fingerprint density at radius 3 is 2.23 bits per heavy atom. The van der Waals surface area contributed by atoms with Crippen LogP contribution in [0, 0.1) is 11.6 Å². The molecule has 1 aliphatic heterocycles. The van der Waals surface area contributed by atoms with Gasteiger partial charge in [0, 0.05) is 43.3 Å². The fourth-order valence-electron chi connectivity index (χ4n) is 2.76. The first kappa shape index (κ1) is 15.3. The molecule has 0 radical (unpaired) electrons. The van der Waals surface area contributed by atoms with Gasteiger partial charge >= 0.3 is 0 Å². The number of halogens is 3. The number of rotatable bonds is 3. The van der Waals surface area contributed by atoms with Gasteiger partial charge in [-0.05, 0) is 24.3 Å². The molecule has 2 nitrogen and oxygen atoms in total. The zero-order valence-corrected chi connectivity index (χ0v) is 12.9. The van der Waals surface area contributed by atoms with Crippen molar-refractivity contribution in [2.75, 3.05) is 31.1 Å². The van der Waals surface area contributed by atoms with Crippen LogP contribution in [0.3, 0.4) is 0 Å². The van der Waals surface area contributed by atoms with Crippen LogP contribution in [-0.4, -0.2) is 31.1 Å². The summed E-state index contributed by atoms with van der Waals surface area (Å²) in [5, 5.41) is 0.455. The highest BCUT2D eigenvalue weighted by Crippen LogP contribution is 2.23. The first-order valence-electron chi connectivity index (χ1n) is 7.30. The van der Waals surface area contributed by atoms with Crippen molar-refractivity contribution in [1.82, 2.24) is 4.90 Å². The maximum absolute atomic E-state index is 13.8. The second kappa shape index (κ2) is 6.63. The zero-order chi connectivity index (χ0) is 15.5. The number of para-hydroxylation sites is 1. The molecule has 0 unspecified atom stereocenters. The van der Waals surface area contributed by atoms with Crippen LogP contribution in [-0.2, 0) is 6.54 Å². The third-order valence-corrected chi connectivity index (χ3v) is 4.36. The van der Waals surface area contributed by atoms with Gasteiger partial charge in [-0.2, -0.15) is 0 Å². The number of anilines is 1. The predicted octanol–water partition coefficient (Wildman–Crippen LogP) is 3.94. The molecule has 22 heavy (non-hydrogen) atoms. The lowest BCUT2D eigenvalue weighted by Gasteiger charge is -2.36. The van der Waals surface area contributed by atoms with E-state index in [1.54, 1.807) is 24.3 Å². The third-order valence-electron chi connectivity index (χ3n) is 4.01. The summed E-state index contributed by atoms with van der Waals surface area (Å²) in [5.74, 6) is -0.475. The minimum Gasteiger partial charge on any atom is -0.367 e. The normalized spacial score (nSPS) is 16.0. The molecule has 0 bridgehead atoms. The van der Waals surface area contributed by atoms with E-state index in [2.05, 4.69) is 4.90 Å². The van der Waals surface area contributed by atoms with Crippen LogP contribution in [0.25, 0.3) is 0 Å². The molecule has 0 atom stereocenters. The molecule has 0 aliphatic carbocycles. The van der Waals surface area contributed by atoms with Gasteiger partial charge in [0.15, 0.2) is 0 Å². The summed E-state index contributed by atoms with van der Waals surface area (Å²) in [6.07, 6.45) is 0. The van der Waals surface area contributed by atoms with Crippen molar-refractivity contribution in [3.05, 3.63) is 64.7 Å². The van der Waals surface area contributed by atoms with Crippen molar-refractivity contribution in [2.45, 2.75) is 6.54 Å². The van der Waals surface area contributed by atoms with Crippen molar-refractivity contribution in [3.8, 4) is 0 Å². The number of benzene rings is 2. The second-order valence-corrected chi connectivity index (χ2v) is 5.82. The lowest BCUT2D eigenvalue weighted by Crippen LogP contribution is -2.46. The fraction of sp³-hybridized carbons (Fsp3) is 0.294. The Morgan fingerprint density at radius 2 is 1.55 bits per heavy atom. The van der Waals surface area contributed by atoms with E-state index < -0.39 is 0 Å². The minimum atomic E-state index is -0.274. The van der Waals surface area contributed by atoms with Gasteiger partial charge < -0.3 is 4.90 Å². The van der Waals surface area contributed by atoms with Crippen LogP contribution in [0.2, 0.25) is 5.02 Å². The van der Waals surface area contributed by atoms with Gasteiger partial charge in [0.25, 0.3) is 0 Å². The summed E-state index contributed by atoms with van der Waals surface area (Å²) in [6, 6.07) is 11.5. The SMILES string of the molecule is Fc1ccccc1N1CCN(Cc2c(F)cccc2Cl)CC1. The summed E-state index contributed by atoms with van der Waals surface area (Å²) in [5.41, 5.74) is 1.16. The molecule has 5 heteroatoms. The van der Waals surface area contributed by atoms with Crippen LogP contribution >= 0.6 is 11.6 Å². The lowest BCUT2D eigenvalue weighted by atomic mass is 10.1. The average Bonchev–Trinajstić information content (AvgIpc) is 2.52. The van der Waals surface area contributed by atoms with Crippen molar-refractivity contribution in [2.24, 2.45) is 0 Å². The molecule has 0 spiro atoms. The molecule has 0 saturated carbocycles. The standard InChI is InChI=1S/C17H17ClF2N2/c18-14-4-3-6-15(19)13(14)12-21-8-10-22(11-9-21)17-7-2-1-5-16(17)20/h1-7H,8-12H2.